The third-order valence-electron chi connectivity index (χ3n) is 2.96. The molecule has 0 saturated heterocycles. The first-order valence-corrected chi connectivity index (χ1v) is 7.15. The SMILES string of the molecule is Cc1ccc(S(=O)(=O)c2c(O)ccc(O)c2C)cc1. The lowest BCUT2D eigenvalue weighted by Gasteiger charge is -2.11. The van der Waals surface area contributed by atoms with Crippen LogP contribution >= 0.6 is 0 Å². The molecule has 0 heterocycles. The quantitative estimate of drug-likeness (QED) is 0.828. The fourth-order valence-corrected chi connectivity index (χ4v) is 3.42. The maximum absolute atomic E-state index is 12.5. The largest absolute Gasteiger partial charge is 0.508 e. The van der Waals surface area contributed by atoms with Crippen molar-refractivity contribution in [3.05, 3.63) is 47.5 Å². The summed E-state index contributed by atoms with van der Waals surface area (Å²) in [6, 6.07) is 8.76. The topological polar surface area (TPSA) is 74.6 Å². The molecule has 2 N–H and O–H groups in total. The summed E-state index contributed by atoms with van der Waals surface area (Å²) in [4.78, 5) is -0.168. The number of hydrogen-bond donors (Lipinski definition) is 2. The molecule has 0 unspecified atom stereocenters. The molecule has 4 nitrogen and oxygen atoms in total. The molecule has 2 rings (SSSR count). The van der Waals surface area contributed by atoms with Gasteiger partial charge in [-0.25, -0.2) is 8.42 Å². The minimum atomic E-state index is -3.85. The van der Waals surface area contributed by atoms with Crippen LogP contribution in [0.5, 0.6) is 11.5 Å². The van der Waals surface area contributed by atoms with E-state index in [9.17, 15) is 18.6 Å². The molecule has 0 aromatic heterocycles. The van der Waals surface area contributed by atoms with Crippen LogP contribution in [0.25, 0.3) is 0 Å². The van der Waals surface area contributed by atoms with Crippen LogP contribution in [-0.4, -0.2) is 18.6 Å². The molecular formula is C14H14O4S. The molecule has 100 valence electrons. The maximum Gasteiger partial charge on any atom is 0.210 e. The van der Waals surface area contributed by atoms with Crippen molar-refractivity contribution in [2.45, 2.75) is 23.6 Å². The summed E-state index contributed by atoms with van der Waals surface area (Å²) in [6.45, 7) is 3.31. The zero-order valence-electron chi connectivity index (χ0n) is 10.6. The molecule has 0 saturated carbocycles. The average Bonchev–Trinajstić information content (AvgIpc) is 2.34. The van der Waals surface area contributed by atoms with E-state index < -0.39 is 9.84 Å². The summed E-state index contributed by atoms with van der Waals surface area (Å²) in [6.07, 6.45) is 0. The molecule has 0 fully saturated rings. The van der Waals surface area contributed by atoms with E-state index in [4.69, 9.17) is 0 Å². The highest BCUT2D eigenvalue weighted by Gasteiger charge is 2.25. The van der Waals surface area contributed by atoms with E-state index in [-0.39, 0.29) is 26.9 Å². The fourth-order valence-electron chi connectivity index (χ4n) is 1.84. The van der Waals surface area contributed by atoms with E-state index in [1.54, 1.807) is 12.1 Å². The number of aromatic hydroxyl groups is 2. The first-order chi connectivity index (χ1) is 8.84. The Balaban J connectivity index is 2.70. The second-order valence-corrected chi connectivity index (χ2v) is 6.26. The standard InChI is InChI=1S/C14H14O4S/c1-9-3-5-11(6-4-9)19(17,18)14-10(2)12(15)7-8-13(14)16/h3-8,15-16H,1-2H3. The third-order valence-corrected chi connectivity index (χ3v) is 4.90. The van der Waals surface area contributed by atoms with Crippen molar-refractivity contribution >= 4 is 9.84 Å². The van der Waals surface area contributed by atoms with Crippen molar-refractivity contribution in [2.24, 2.45) is 0 Å². The van der Waals surface area contributed by atoms with Gasteiger partial charge in [-0.3, -0.25) is 0 Å². The molecule has 19 heavy (non-hydrogen) atoms. The van der Waals surface area contributed by atoms with E-state index in [1.165, 1.54) is 31.2 Å². The Morgan fingerprint density at radius 2 is 1.37 bits per heavy atom. The molecule has 0 aliphatic rings. The van der Waals surface area contributed by atoms with Crippen molar-refractivity contribution in [1.82, 2.24) is 0 Å². The van der Waals surface area contributed by atoms with Crippen molar-refractivity contribution in [3.8, 4) is 11.5 Å². The maximum atomic E-state index is 12.5. The minimum absolute atomic E-state index is 0.0853. The first-order valence-electron chi connectivity index (χ1n) is 5.67. The van der Waals surface area contributed by atoms with Gasteiger partial charge in [-0.1, -0.05) is 17.7 Å². The van der Waals surface area contributed by atoms with Crippen LogP contribution in [0.1, 0.15) is 11.1 Å². The summed E-state index contributed by atoms with van der Waals surface area (Å²) in [5.41, 5.74) is 1.08. The molecular weight excluding hydrogens is 264 g/mol. The fraction of sp³-hybridized carbons (Fsp3) is 0.143. The minimum Gasteiger partial charge on any atom is -0.508 e. The van der Waals surface area contributed by atoms with Crippen LogP contribution < -0.4 is 0 Å². The predicted octanol–water partition coefficient (Wildman–Crippen LogP) is 2.55. The van der Waals surface area contributed by atoms with Gasteiger partial charge in [0.15, 0.2) is 0 Å². The van der Waals surface area contributed by atoms with Gasteiger partial charge in [0, 0.05) is 5.56 Å². The second-order valence-electron chi connectivity index (χ2n) is 4.37. The highest BCUT2D eigenvalue weighted by atomic mass is 32.2. The van der Waals surface area contributed by atoms with Crippen LogP contribution in [0.15, 0.2) is 46.2 Å². The van der Waals surface area contributed by atoms with Crippen molar-refractivity contribution in [1.29, 1.82) is 0 Å². The Labute approximate surface area is 111 Å². The molecule has 2 aromatic carbocycles. The Bertz CT molecular complexity index is 716. The Kier molecular flexibility index (Phi) is 3.24. The zero-order valence-corrected chi connectivity index (χ0v) is 11.4. The smallest absolute Gasteiger partial charge is 0.210 e. The van der Waals surface area contributed by atoms with Gasteiger partial charge >= 0.3 is 0 Å². The number of rotatable bonds is 2. The number of phenols is 2. The van der Waals surface area contributed by atoms with Gasteiger partial charge in [0.2, 0.25) is 9.84 Å². The van der Waals surface area contributed by atoms with E-state index in [0.717, 1.165) is 5.56 Å². The molecule has 0 aliphatic heterocycles. The molecule has 0 amide bonds. The van der Waals surface area contributed by atoms with Gasteiger partial charge in [-0.05, 0) is 38.1 Å². The van der Waals surface area contributed by atoms with Gasteiger partial charge in [-0.15, -0.1) is 0 Å². The number of hydrogen-bond acceptors (Lipinski definition) is 4. The lowest BCUT2D eigenvalue weighted by molar-refractivity contribution is 0.441. The Hall–Kier alpha value is -2.01. The zero-order chi connectivity index (χ0) is 14.2. The molecule has 2 aromatic rings. The van der Waals surface area contributed by atoms with Gasteiger partial charge < -0.3 is 10.2 Å². The Morgan fingerprint density at radius 3 is 1.95 bits per heavy atom. The molecule has 0 spiro atoms. The van der Waals surface area contributed by atoms with Crippen LogP contribution in [0.4, 0.5) is 0 Å². The average molecular weight is 278 g/mol. The normalized spacial score (nSPS) is 11.5. The molecule has 0 aliphatic carbocycles. The molecule has 0 atom stereocenters. The molecule has 5 heteroatoms. The lowest BCUT2D eigenvalue weighted by atomic mass is 10.2. The number of phenolic OH excluding ortho intramolecular Hbond substituents is 2. The highest BCUT2D eigenvalue weighted by Crippen LogP contribution is 2.35. The van der Waals surface area contributed by atoms with Crippen LogP contribution in [0.3, 0.4) is 0 Å². The van der Waals surface area contributed by atoms with Crippen LogP contribution in [0.2, 0.25) is 0 Å². The summed E-state index contributed by atoms with van der Waals surface area (Å²) in [5, 5.41) is 19.4. The highest BCUT2D eigenvalue weighted by molar-refractivity contribution is 7.91. The van der Waals surface area contributed by atoms with Gasteiger partial charge in [-0.2, -0.15) is 0 Å². The van der Waals surface area contributed by atoms with Gasteiger partial charge in [0.05, 0.1) is 4.90 Å². The summed E-state index contributed by atoms with van der Waals surface area (Å²) >= 11 is 0. The van der Waals surface area contributed by atoms with Crippen molar-refractivity contribution in [2.75, 3.05) is 0 Å². The first kappa shape index (κ1) is 13.4. The van der Waals surface area contributed by atoms with Crippen LogP contribution in [-0.2, 0) is 9.84 Å². The van der Waals surface area contributed by atoms with Crippen molar-refractivity contribution < 1.29 is 18.6 Å². The van der Waals surface area contributed by atoms with E-state index in [2.05, 4.69) is 0 Å². The van der Waals surface area contributed by atoms with Crippen molar-refractivity contribution in [3.63, 3.8) is 0 Å². The monoisotopic (exact) mass is 278 g/mol. The summed E-state index contributed by atoms with van der Waals surface area (Å²) in [7, 11) is -3.85. The third kappa shape index (κ3) is 2.29. The summed E-state index contributed by atoms with van der Waals surface area (Å²) in [5.74, 6) is -0.528. The number of benzene rings is 2. The number of aryl methyl sites for hydroxylation is 1. The van der Waals surface area contributed by atoms with Crippen LogP contribution in [0, 0.1) is 13.8 Å². The van der Waals surface area contributed by atoms with Gasteiger partial charge in [0.1, 0.15) is 16.4 Å². The number of sulfone groups is 1. The van der Waals surface area contributed by atoms with E-state index >= 15 is 0 Å². The predicted molar refractivity (Wildman–Crippen MR) is 71.1 cm³/mol. The van der Waals surface area contributed by atoms with E-state index in [0.29, 0.717) is 0 Å². The second kappa shape index (κ2) is 4.59. The Morgan fingerprint density at radius 1 is 0.842 bits per heavy atom. The molecule has 0 radical (unpaired) electrons. The molecule has 0 bridgehead atoms. The van der Waals surface area contributed by atoms with E-state index in [1.807, 2.05) is 6.92 Å². The summed E-state index contributed by atoms with van der Waals surface area (Å²) < 4.78 is 24.9. The van der Waals surface area contributed by atoms with Gasteiger partial charge in [0.25, 0.3) is 0 Å². The lowest BCUT2D eigenvalue weighted by Crippen LogP contribution is -2.04.